The highest BCUT2D eigenvalue weighted by Crippen LogP contribution is 2.47. The first kappa shape index (κ1) is 12.8. The number of ether oxygens (including phenoxy) is 1. The van der Waals surface area contributed by atoms with Gasteiger partial charge in [-0.1, -0.05) is 0 Å². The van der Waals surface area contributed by atoms with Crippen molar-refractivity contribution in [1.82, 2.24) is 0 Å². The number of rotatable bonds is 4. The minimum absolute atomic E-state index is 0.0751. The molecular weight excluding hydrogens is 235 g/mol. The van der Waals surface area contributed by atoms with Gasteiger partial charge in [0, 0.05) is 19.7 Å². The van der Waals surface area contributed by atoms with Gasteiger partial charge in [0.25, 0.3) is 0 Å². The number of carbonyl (C=O) groups excluding carboxylic acids is 1. The Bertz CT molecular complexity index is 472. The summed E-state index contributed by atoms with van der Waals surface area (Å²) < 4.78 is 18.4. The SMILES string of the molecule is COc1ccc(F)cc1N(C)C(=O)C1(CN)CC1. The molecule has 0 spiro atoms. The van der Waals surface area contributed by atoms with Crippen molar-refractivity contribution in [3.8, 4) is 5.75 Å². The highest BCUT2D eigenvalue weighted by atomic mass is 19.1. The fourth-order valence-corrected chi connectivity index (χ4v) is 2.05. The summed E-state index contributed by atoms with van der Waals surface area (Å²) in [5, 5.41) is 0. The summed E-state index contributed by atoms with van der Waals surface area (Å²) in [6, 6.07) is 4.11. The van der Waals surface area contributed by atoms with Gasteiger partial charge in [0.15, 0.2) is 0 Å². The van der Waals surface area contributed by atoms with Crippen LogP contribution in [0.5, 0.6) is 5.75 Å². The monoisotopic (exact) mass is 252 g/mol. The van der Waals surface area contributed by atoms with E-state index in [9.17, 15) is 9.18 Å². The number of benzene rings is 1. The number of nitrogens with zero attached hydrogens (tertiary/aromatic N) is 1. The van der Waals surface area contributed by atoms with Crippen LogP contribution < -0.4 is 15.4 Å². The Balaban J connectivity index is 2.31. The average Bonchev–Trinajstić information content (AvgIpc) is 3.18. The van der Waals surface area contributed by atoms with Crippen molar-refractivity contribution < 1.29 is 13.9 Å². The Morgan fingerprint density at radius 2 is 2.22 bits per heavy atom. The third kappa shape index (κ3) is 2.06. The van der Waals surface area contributed by atoms with Crippen molar-refractivity contribution in [3.05, 3.63) is 24.0 Å². The quantitative estimate of drug-likeness (QED) is 0.884. The fourth-order valence-electron chi connectivity index (χ4n) is 2.05. The van der Waals surface area contributed by atoms with Crippen LogP contribution in [0.25, 0.3) is 0 Å². The summed E-state index contributed by atoms with van der Waals surface area (Å²) in [5.74, 6) is -0.00276. The van der Waals surface area contributed by atoms with E-state index >= 15 is 0 Å². The minimum atomic E-state index is -0.452. The Labute approximate surface area is 106 Å². The standard InChI is InChI=1S/C13H17FN2O2/c1-16(12(17)13(8-15)5-6-13)10-7-9(14)3-4-11(10)18-2/h3-4,7H,5-6,8,15H2,1-2H3. The van der Waals surface area contributed by atoms with Gasteiger partial charge in [-0.25, -0.2) is 4.39 Å². The third-order valence-corrected chi connectivity index (χ3v) is 3.50. The van der Waals surface area contributed by atoms with Crippen molar-refractivity contribution in [2.45, 2.75) is 12.8 Å². The molecule has 0 unspecified atom stereocenters. The Morgan fingerprint density at radius 3 is 2.72 bits per heavy atom. The Morgan fingerprint density at radius 1 is 1.56 bits per heavy atom. The molecule has 0 bridgehead atoms. The van der Waals surface area contributed by atoms with Crippen LogP contribution in [0.3, 0.4) is 0 Å². The van der Waals surface area contributed by atoms with Crippen LogP contribution in [0, 0.1) is 11.2 Å². The van der Waals surface area contributed by atoms with Gasteiger partial charge in [-0.3, -0.25) is 4.79 Å². The van der Waals surface area contributed by atoms with E-state index in [4.69, 9.17) is 10.5 Å². The molecule has 98 valence electrons. The lowest BCUT2D eigenvalue weighted by Crippen LogP contribution is -2.38. The van der Waals surface area contributed by atoms with Crippen molar-refractivity contribution in [2.24, 2.45) is 11.1 Å². The maximum Gasteiger partial charge on any atom is 0.234 e. The van der Waals surface area contributed by atoms with E-state index in [1.165, 1.54) is 30.2 Å². The van der Waals surface area contributed by atoms with Crippen LogP contribution in [0.15, 0.2) is 18.2 Å². The molecule has 0 aliphatic heterocycles. The van der Waals surface area contributed by atoms with E-state index in [0.29, 0.717) is 18.0 Å². The Hall–Kier alpha value is -1.62. The number of hydrogen-bond acceptors (Lipinski definition) is 3. The topological polar surface area (TPSA) is 55.6 Å². The average molecular weight is 252 g/mol. The molecule has 0 heterocycles. The number of carbonyl (C=O) groups is 1. The molecule has 0 radical (unpaired) electrons. The second-order valence-corrected chi connectivity index (χ2v) is 4.66. The first-order valence-electron chi connectivity index (χ1n) is 5.86. The normalized spacial score (nSPS) is 16.2. The van der Waals surface area contributed by atoms with E-state index in [-0.39, 0.29) is 5.91 Å². The molecule has 2 N–H and O–H groups in total. The summed E-state index contributed by atoms with van der Waals surface area (Å²) in [5.41, 5.74) is 5.61. The number of halogens is 1. The van der Waals surface area contributed by atoms with Crippen LogP contribution in [0.2, 0.25) is 0 Å². The Kier molecular flexibility index (Phi) is 3.26. The predicted molar refractivity (Wildman–Crippen MR) is 67.1 cm³/mol. The summed E-state index contributed by atoms with van der Waals surface area (Å²) in [4.78, 5) is 13.7. The summed E-state index contributed by atoms with van der Waals surface area (Å²) in [6.45, 7) is 0.327. The molecule has 1 aromatic rings. The minimum Gasteiger partial charge on any atom is -0.495 e. The zero-order valence-electron chi connectivity index (χ0n) is 10.6. The molecule has 5 heteroatoms. The largest absolute Gasteiger partial charge is 0.495 e. The van der Waals surface area contributed by atoms with Gasteiger partial charge in [0.2, 0.25) is 5.91 Å². The van der Waals surface area contributed by atoms with Crippen LogP contribution in [0.4, 0.5) is 10.1 Å². The highest BCUT2D eigenvalue weighted by Gasteiger charge is 2.50. The maximum absolute atomic E-state index is 13.3. The molecule has 1 aliphatic rings. The molecule has 4 nitrogen and oxygen atoms in total. The van der Waals surface area contributed by atoms with E-state index in [0.717, 1.165) is 12.8 Å². The van der Waals surface area contributed by atoms with Crippen LogP contribution in [-0.2, 0) is 4.79 Å². The van der Waals surface area contributed by atoms with Gasteiger partial charge in [0.05, 0.1) is 18.2 Å². The molecule has 1 aliphatic carbocycles. The molecule has 1 fully saturated rings. The molecule has 1 amide bonds. The molecule has 18 heavy (non-hydrogen) atoms. The number of hydrogen-bond donors (Lipinski definition) is 1. The first-order valence-corrected chi connectivity index (χ1v) is 5.86. The summed E-state index contributed by atoms with van der Waals surface area (Å²) >= 11 is 0. The lowest BCUT2D eigenvalue weighted by molar-refractivity contribution is -0.123. The van der Waals surface area contributed by atoms with E-state index in [1.807, 2.05) is 0 Å². The van der Waals surface area contributed by atoms with E-state index < -0.39 is 11.2 Å². The molecule has 1 aromatic carbocycles. The second-order valence-electron chi connectivity index (χ2n) is 4.66. The molecule has 0 saturated heterocycles. The number of amides is 1. The van der Waals surface area contributed by atoms with Gasteiger partial charge in [0.1, 0.15) is 11.6 Å². The second kappa shape index (κ2) is 4.57. The van der Waals surface area contributed by atoms with Gasteiger partial charge in [-0.05, 0) is 25.0 Å². The molecule has 2 rings (SSSR count). The van der Waals surface area contributed by atoms with Crippen LogP contribution >= 0.6 is 0 Å². The number of methoxy groups -OCH3 is 1. The highest BCUT2D eigenvalue weighted by molar-refractivity contribution is 6.00. The maximum atomic E-state index is 13.3. The predicted octanol–water partition coefficient (Wildman–Crippen LogP) is 1.54. The van der Waals surface area contributed by atoms with Crippen molar-refractivity contribution in [2.75, 3.05) is 25.6 Å². The molecule has 0 atom stereocenters. The number of anilines is 1. The van der Waals surface area contributed by atoms with Crippen molar-refractivity contribution in [1.29, 1.82) is 0 Å². The van der Waals surface area contributed by atoms with Crippen molar-refractivity contribution >= 4 is 11.6 Å². The fraction of sp³-hybridized carbons (Fsp3) is 0.462. The van der Waals surface area contributed by atoms with Crippen molar-refractivity contribution in [3.63, 3.8) is 0 Å². The molecule has 1 saturated carbocycles. The lowest BCUT2D eigenvalue weighted by Gasteiger charge is -2.24. The van der Waals surface area contributed by atoms with Gasteiger partial charge >= 0.3 is 0 Å². The summed E-state index contributed by atoms with van der Waals surface area (Å²) in [7, 11) is 3.11. The zero-order chi connectivity index (χ0) is 13.3. The van der Waals surface area contributed by atoms with Gasteiger partial charge < -0.3 is 15.4 Å². The van der Waals surface area contributed by atoms with E-state index in [2.05, 4.69) is 0 Å². The van der Waals surface area contributed by atoms with E-state index in [1.54, 1.807) is 7.05 Å². The third-order valence-electron chi connectivity index (χ3n) is 3.50. The van der Waals surface area contributed by atoms with Gasteiger partial charge in [-0.2, -0.15) is 0 Å². The smallest absolute Gasteiger partial charge is 0.234 e. The van der Waals surface area contributed by atoms with Crippen LogP contribution in [0.1, 0.15) is 12.8 Å². The number of nitrogens with two attached hydrogens (primary N) is 1. The first-order chi connectivity index (χ1) is 8.54. The van der Waals surface area contributed by atoms with Gasteiger partial charge in [-0.15, -0.1) is 0 Å². The lowest BCUT2D eigenvalue weighted by atomic mass is 10.1. The summed E-state index contributed by atoms with van der Waals surface area (Å²) in [6.07, 6.45) is 1.59. The zero-order valence-corrected chi connectivity index (χ0v) is 10.6. The van der Waals surface area contributed by atoms with Crippen LogP contribution in [-0.4, -0.2) is 26.6 Å². The molecule has 0 aromatic heterocycles. The molecular formula is C13H17FN2O2.